The molecule has 1 heterocycles. The second-order valence-electron chi connectivity index (χ2n) is 4.97. The molecule has 1 aliphatic rings. The first-order valence-electron chi connectivity index (χ1n) is 6.67. The highest BCUT2D eigenvalue weighted by molar-refractivity contribution is 5.88. The number of carboxylic acid groups (broad SMARTS) is 1. The standard InChI is InChI=1S/C14H20N2O2/c1-2-4-12-7-11(14(17)18)8-13(16-12)15-9-10-5-3-6-10/h7-8,10H,2-6,9H2,1H3,(H,15,16)(H,17,18). The molecule has 0 saturated heterocycles. The summed E-state index contributed by atoms with van der Waals surface area (Å²) in [7, 11) is 0. The molecule has 0 amide bonds. The van der Waals surface area contributed by atoms with Gasteiger partial charge in [0, 0.05) is 12.2 Å². The van der Waals surface area contributed by atoms with Gasteiger partial charge >= 0.3 is 5.97 Å². The molecule has 1 aliphatic carbocycles. The summed E-state index contributed by atoms with van der Waals surface area (Å²) in [5.74, 6) is 0.543. The van der Waals surface area contributed by atoms with Crippen LogP contribution in [0.15, 0.2) is 12.1 Å². The Labute approximate surface area is 107 Å². The minimum absolute atomic E-state index is 0.324. The molecule has 1 aromatic rings. The summed E-state index contributed by atoms with van der Waals surface area (Å²) in [5.41, 5.74) is 1.18. The van der Waals surface area contributed by atoms with Crippen molar-refractivity contribution in [2.75, 3.05) is 11.9 Å². The van der Waals surface area contributed by atoms with Gasteiger partial charge in [-0.25, -0.2) is 9.78 Å². The van der Waals surface area contributed by atoms with Crippen LogP contribution in [0.3, 0.4) is 0 Å². The number of carbonyl (C=O) groups is 1. The fraction of sp³-hybridized carbons (Fsp3) is 0.571. The lowest BCUT2D eigenvalue weighted by molar-refractivity contribution is 0.0696. The number of carboxylic acids is 1. The van der Waals surface area contributed by atoms with Crippen molar-refractivity contribution in [2.24, 2.45) is 5.92 Å². The molecule has 2 N–H and O–H groups in total. The predicted octanol–water partition coefficient (Wildman–Crippen LogP) is 2.94. The maximum atomic E-state index is 11.1. The zero-order chi connectivity index (χ0) is 13.0. The van der Waals surface area contributed by atoms with Gasteiger partial charge in [0.05, 0.1) is 5.56 Å². The lowest BCUT2D eigenvalue weighted by Crippen LogP contribution is -2.21. The SMILES string of the molecule is CCCc1cc(C(=O)O)cc(NCC2CCC2)n1. The summed E-state index contributed by atoms with van der Waals surface area (Å²) in [4.78, 5) is 15.5. The molecule has 2 rings (SSSR count). The molecule has 1 fully saturated rings. The first kappa shape index (κ1) is 12.9. The molecule has 18 heavy (non-hydrogen) atoms. The molecular weight excluding hydrogens is 228 g/mol. The largest absolute Gasteiger partial charge is 0.478 e. The van der Waals surface area contributed by atoms with Crippen molar-refractivity contribution in [2.45, 2.75) is 39.0 Å². The first-order valence-corrected chi connectivity index (χ1v) is 6.67. The minimum atomic E-state index is -0.888. The smallest absolute Gasteiger partial charge is 0.335 e. The average molecular weight is 248 g/mol. The van der Waals surface area contributed by atoms with Gasteiger partial charge in [0.25, 0.3) is 0 Å². The van der Waals surface area contributed by atoms with E-state index in [9.17, 15) is 4.79 Å². The van der Waals surface area contributed by atoms with Crippen LogP contribution in [0.1, 0.15) is 48.7 Å². The molecular formula is C14H20N2O2. The number of hydrogen-bond donors (Lipinski definition) is 2. The van der Waals surface area contributed by atoms with Crippen molar-refractivity contribution in [1.82, 2.24) is 4.98 Å². The van der Waals surface area contributed by atoms with Crippen LogP contribution in [0.25, 0.3) is 0 Å². The lowest BCUT2D eigenvalue weighted by Gasteiger charge is -2.25. The number of nitrogens with one attached hydrogen (secondary N) is 1. The van der Waals surface area contributed by atoms with Crippen LogP contribution in [-0.4, -0.2) is 22.6 Å². The van der Waals surface area contributed by atoms with E-state index in [0.717, 1.165) is 31.0 Å². The number of anilines is 1. The summed E-state index contributed by atoms with van der Waals surface area (Å²) in [6.07, 6.45) is 5.65. The number of pyridine rings is 1. The molecule has 4 nitrogen and oxygen atoms in total. The van der Waals surface area contributed by atoms with Crippen LogP contribution in [0.5, 0.6) is 0 Å². The van der Waals surface area contributed by atoms with Gasteiger partial charge in [-0.05, 0) is 37.3 Å². The minimum Gasteiger partial charge on any atom is -0.478 e. The second-order valence-corrected chi connectivity index (χ2v) is 4.97. The van der Waals surface area contributed by atoms with Gasteiger partial charge in [0.2, 0.25) is 0 Å². The van der Waals surface area contributed by atoms with Crippen molar-refractivity contribution < 1.29 is 9.90 Å². The van der Waals surface area contributed by atoms with Crippen LogP contribution in [0.4, 0.5) is 5.82 Å². The molecule has 0 radical (unpaired) electrons. The van der Waals surface area contributed by atoms with E-state index in [1.807, 2.05) is 0 Å². The summed E-state index contributed by atoms with van der Waals surface area (Å²) in [6, 6.07) is 3.29. The fourth-order valence-corrected chi connectivity index (χ4v) is 2.13. The van der Waals surface area contributed by atoms with E-state index in [0.29, 0.717) is 11.4 Å². The third-order valence-electron chi connectivity index (χ3n) is 3.43. The second kappa shape index (κ2) is 5.85. The van der Waals surface area contributed by atoms with Gasteiger partial charge in [-0.3, -0.25) is 0 Å². The van der Waals surface area contributed by atoms with Crippen molar-refractivity contribution >= 4 is 11.8 Å². The molecule has 0 spiro atoms. The molecule has 0 aromatic carbocycles. The summed E-state index contributed by atoms with van der Waals surface area (Å²) in [5, 5.41) is 12.3. The summed E-state index contributed by atoms with van der Waals surface area (Å²) >= 11 is 0. The highest BCUT2D eigenvalue weighted by Gasteiger charge is 2.17. The van der Waals surface area contributed by atoms with Gasteiger partial charge in [-0.1, -0.05) is 19.8 Å². The van der Waals surface area contributed by atoms with E-state index >= 15 is 0 Å². The predicted molar refractivity (Wildman–Crippen MR) is 71.0 cm³/mol. The van der Waals surface area contributed by atoms with Crippen LogP contribution in [0, 0.1) is 5.92 Å². The number of aromatic carboxylic acids is 1. The Morgan fingerprint density at radius 3 is 2.83 bits per heavy atom. The van der Waals surface area contributed by atoms with E-state index in [1.54, 1.807) is 12.1 Å². The highest BCUT2D eigenvalue weighted by atomic mass is 16.4. The van der Waals surface area contributed by atoms with E-state index in [1.165, 1.54) is 19.3 Å². The van der Waals surface area contributed by atoms with E-state index in [2.05, 4.69) is 17.2 Å². The molecule has 1 aromatic heterocycles. The molecule has 4 heteroatoms. The fourth-order valence-electron chi connectivity index (χ4n) is 2.13. The van der Waals surface area contributed by atoms with Gasteiger partial charge in [-0.15, -0.1) is 0 Å². The molecule has 1 saturated carbocycles. The summed E-state index contributed by atoms with van der Waals surface area (Å²) in [6.45, 7) is 2.97. The van der Waals surface area contributed by atoms with E-state index < -0.39 is 5.97 Å². The van der Waals surface area contributed by atoms with E-state index in [4.69, 9.17) is 5.11 Å². The van der Waals surface area contributed by atoms with Gasteiger partial charge < -0.3 is 10.4 Å². The van der Waals surface area contributed by atoms with Crippen molar-refractivity contribution in [1.29, 1.82) is 0 Å². The van der Waals surface area contributed by atoms with E-state index in [-0.39, 0.29) is 0 Å². The zero-order valence-corrected chi connectivity index (χ0v) is 10.8. The Hall–Kier alpha value is -1.58. The molecule has 0 unspecified atom stereocenters. The Morgan fingerprint density at radius 2 is 2.28 bits per heavy atom. The number of aryl methyl sites for hydroxylation is 1. The number of nitrogens with zero attached hydrogens (tertiary/aromatic N) is 1. The van der Waals surface area contributed by atoms with Crippen LogP contribution < -0.4 is 5.32 Å². The van der Waals surface area contributed by atoms with Crippen molar-refractivity contribution in [3.8, 4) is 0 Å². The van der Waals surface area contributed by atoms with Crippen LogP contribution in [0.2, 0.25) is 0 Å². The Morgan fingerprint density at radius 1 is 1.50 bits per heavy atom. The number of rotatable bonds is 6. The highest BCUT2D eigenvalue weighted by Crippen LogP contribution is 2.26. The van der Waals surface area contributed by atoms with Crippen LogP contribution in [-0.2, 0) is 6.42 Å². The molecule has 0 atom stereocenters. The lowest BCUT2D eigenvalue weighted by atomic mass is 9.85. The third kappa shape index (κ3) is 3.22. The zero-order valence-electron chi connectivity index (χ0n) is 10.8. The molecule has 0 aliphatic heterocycles. The maximum Gasteiger partial charge on any atom is 0.335 e. The monoisotopic (exact) mass is 248 g/mol. The van der Waals surface area contributed by atoms with Crippen LogP contribution >= 0.6 is 0 Å². The Balaban J connectivity index is 2.08. The number of aromatic nitrogens is 1. The summed E-state index contributed by atoms with van der Waals surface area (Å²) < 4.78 is 0. The Bertz CT molecular complexity index is 428. The van der Waals surface area contributed by atoms with Gasteiger partial charge in [0.1, 0.15) is 5.82 Å². The third-order valence-corrected chi connectivity index (χ3v) is 3.43. The molecule has 98 valence electrons. The maximum absolute atomic E-state index is 11.1. The topological polar surface area (TPSA) is 62.2 Å². The van der Waals surface area contributed by atoms with Gasteiger partial charge in [-0.2, -0.15) is 0 Å². The van der Waals surface area contributed by atoms with Gasteiger partial charge in [0.15, 0.2) is 0 Å². The molecule has 0 bridgehead atoms. The number of hydrogen-bond acceptors (Lipinski definition) is 3. The average Bonchev–Trinajstić information content (AvgIpc) is 2.27. The van der Waals surface area contributed by atoms with Crippen molar-refractivity contribution in [3.05, 3.63) is 23.4 Å². The first-order chi connectivity index (χ1) is 8.69. The Kier molecular flexibility index (Phi) is 4.18. The van der Waals surface area contributed by atoms with Crippen molar-refractivity contribution in [3.63, 3.8) is 0 Å². The normalized spacial score (nSPS) is 15.2. The quantitative estimate of drug-likeness (QED) is 0.812.